The number of ether oxygens (including phenoxy) is 1. The van der Waals surface area contributed by atoms with E-state index in [4.69, 9.17) is 4.74 Å². The Kier molecular flexibility index (Phi) is 7.21. The van der Waals surface area contributed by atoms with Crippen molar-refractivity contribution in [1.29, 1.82) is 0 Å². The first kappa shape index (κ1) is 20.7. The predicted molar refractivity (Wildman–Crippen MR) is 119 cm³/mol. The lowest BCUT2D eigenvalue weighted by Crippen LogP contribution is -2.48. The molecule has 4 rings (SSSR count). The van der Waals surface area contributed by atoms with Gasteiger partial charge in [0.2, 0.25) is 0 Å². The smallest absolute Gasteiger partial charge is 0.315 e. The highest BCUT2D eigenvalue weighted by molar-refractivity contribution is 5.74. The third-order valence-corrected chi connectivity index (χ3v) is 5.86. The largest absolute Gasteiger partial charge is 0.491 e. The van der Waals surface area contributed by atoms with Crippen LogP contribution in [0.2, 0.25) is 0 Å². The minimum absolute atomic E-state index is 0.0255. The van der Waals surface area contributed by atoms with E-state index in [0.717, 1.165) is 63.4 Å². The average molecular weight is 409 g/mol. The van der Waals surface area contributed by atoms with Gasteiger partial charge in [0, 0.05) is 39.3 Å². The van der Waals surface area contributed by atoms with Gasteiger partial charge in [-0.3, -0.25) is 4.90 Å². The number of benzene rings is 2. The molecule has 0 spiro atoms. The van der Waals surface area contributed by atoms with Crippen molar-refractivity contribution >= 4 is 6.03 Å². The standard InChI is InChI=1S/C24H32N4O2/c29-24(26-22-17-21-9-4-5-10-23(21)30-19-22)25-11-6-12-27-13-15-28(16-14-27)18-20-7-2-1-3-8-20/h1-5,7-10,22H,6,11-19H2,(H2,25,26,29)/t22-/m0/s1. The summed E-state index contributed by atoms with van der Waals surface area (Å²) in [5, 5.41) is 6.02. The van der Waals surface area contributed by atoms with Gasteiger partial charge >= 0.3 is 6.03 Å². The zero-order chi connectivity index (χ0) is 20.6. The number of carbonyl (C=O) groups is 1. The number of rotatable bonds is 7. The van der Waals surface area contributed by atoms with Crippen LogP contribution in [0.25, 0.3) is 0 Å². The second kappa shape index (κ2) is 10.5. The van der Waals surface area contributed by atoms with Gasteiger partial charge in [-0.2, -0.15) is 0 Å². The predicted octanol–water partition coefficient (Wildman–Crippen LogP) is 2.50. The quantitative estimate of drug-likeness (QED) is 0.692. The van der Waals surface area contributed by atoms with Crippen molar-refractivity contribution in [2.45, 2.75) is 25.4 Å². The van der Waals surface area contributed by atoms with Crippen LogP contribution in [0.3, 0.4) is 0 Å². The lowest BCUT2D eigenvalue weighted by Gasteiger charge is -2.34. The van der Waals surface area contributed by atoms with Crippen LogP contribution in [0.5, 0.6) is 5.75 Å². The van der Waals surface area contributed by atoms with Crippen LogP contribution < -0.4 is 15.4 Å². The molecule has 2 aliphatic rings. The fraction of sp³-hybridized carbons (Fsp3) is 0.458. The minimum atomic E-state index is -0.101. The summed E-state index contributed by atoms with van der Waals surface area (Å²) in [7, 11) is 0. The highest BCUT2D eigenvalue weighted by Crippen LogP contribution is 2.23. The van der Waals surface area contributed by atoms with Gasteiger partial charge in [-0.25, -0.2) is 4.79 Å². The second-order valence-electron chi connectivity index (χ2n) is 8.18. The summed E-state index contributed by atoms with van der Waals surface area (Å²) in [5.74, 6) is 0.930. The van der Waals surface area contributed by atoms with Gasteiger partial charge in [0.05, 0.1) is 6.04 Å². The molecule has 0 bridgehead atoms. The van der Waals surface area contributed by atoms with E-state index in [2.05, 4.69) is 56.8 Å². The van der Waals surface area contributed by atoms with Gasteiger partial charge in [-0.05, 0) is 36.6 Å². The van der Waals surface area contributed by atoms with Crippen LogP contribution >= 0.6 is 0 Å². The number of nitrogens with one attached hydrogen (secondary N) is 2. The summed E-state index contributed by atoms with van der Waals surface area (Å²) >= 11 is 0. The summed E-state index contributed by atoms with van der Waals surface area (Å²) in [5.41, 5.74) is 2.54. The van der Waals surface area contributed by atoms with Gasteiger partial charge in [-0.1, -0.05) is 48.5 Å². The maximum Gasteiger partial charge on any atom is 0.315 e. The molecule has 0 saturated carbocycles. The molecular weight excluding hydrogens is 376 g/mol. The minimum Gasteiger partial charge on any atom is -0.491 e. The molecule has 2 aliphatic heterocycles. The third kappa shape index (κ3) is 5.97. The van der Waals surface area contributed by atoms with Crippen molar-refractivity contribution in [3.8, 4) is 5.75 Å². The molecule has 1 saturated heterocycles. The number of hydrogen-bond donors (Lipinski definition) is 2. The zero-order valence-electron chi connectivity index (χ0n) is 17.6. The van der Waals surface area contributed by atoms with Gasteiger partial charge in [0.25, 0.3) is 0 Å². The Bertz CT molecular complexity index is 806. The first-order valence-corrected chi connectivity index (χ1v) is 11.0. The molecule has 160 valence electrons. The van der Waals surface area contributed by atoms with Gasteiger partial charge < -0.3 is 20.3 Å². The lowest BCUT2D eigenvalue weighted by atomic mass is 10.0. The van der Waals surface area contributed by atoms with Crippen LogP contribution in [-0.2, 0) is 13.0 Å². The molecule has 0 aliphatic carbocycles. The molecule has 0 aromatic heterocycles. The van der Waals surface area contributed by atoms with E-state index >= 15 is 0 Å². The highest BCUT2D eigenvalue weighted by atomic mass is 16.5. The van der Waals surface area contributed by atoms with Gasteiger partial charge in [0.1, 0.15) is 12.4 Å². The topological polar surface area (TPSA) is 56.8 Å². The Morgan fingerprint density at radius 3 is 2.53 bits per heavy atom. The monoisotopic (exact) mass is 408 g/mol. The van der Waals surface area contributed by atoms with E-state index in [-0.39, 0.29) is 12.1 Å². The van der Waals surface area contributed by atoms with Gasteiger partial charge in [-0.15, -0.1) is 0 Å². The average Bonchev–Trinajstić information content (AvgIpc) is 2.78. The summed E-state index contributed by atoms with van der Waals surface area (Å²) in [6.45, 7) is 7.68. The number of para-hydroxylation sites is 1. The number of carbonyl (C=O) groups excluding carboxylic acids is 1. The molecule has 2 aromatic carbocycles. The summed E-state index contributed by atoms with van der Waals surface area (Å²) in [6.07, 6.45) is 1.78. The van der Waals surface area contributed by atoms with Crippen LogP contribution in [0.15, 0.2) is 54.6 Å². The number of nitrogens with zero attached hydrogens (tertiary/aromatic N) is 2. The van der Waals surface area contributed by atoms with Crippen LogP contribution in [-0.4, -0.2) is 67.7 Å². The van der Waals surface area contributed by atoms with E-state index in [1.165, 1.54) is 5.56 Å². The van der Waals surface area contributed by atoms with Gasteiger partial charge in [0.15, 0.2) is 0 Å². The second-order valence-corrected chi connectivity index (χ2v) is 8.18. The zero-order valence-corrected chi connectivity index (χ0v) is 17.6. The first-order valence-electron chi connectivity index (χ1n) is 11.0. The number of fused-ring (bicyclic) bond motifs is 1. The molecular formula is C24H32N4O2. The molecule has 2 aromatic rings. The molecule has 1 atom stereocenters. The van der Waals surface area contributed by atoms with E-state index in [0.29, 0.717) is 13.2 Å². The molecule has 0 radical (unpaired) electrons. The number of amides is 2. The molecule has 6 heteroatoms. The summed E-state index contributed by atoms with van der Waals surface area (Å²) in [6, 6.07) is 18.6. The Hall–Kier alpha value is -2.57. The summed E-state index contributed by atoms with van der Waals surface area (Å²) in [4.78, 5) is 17.2. The van der Waals surface area contributed by atoms with Crippen molar-refractivity contribution < 1.29 is 9.53 Å². The van der Waals surface area contributed by atoms with E-state index in [1.54, 1.807) is 0 Å². The molecule has 2 amide bonds. The highest BCUT2D eigenvalue weighted by Gasteiger charge is 2.21. The molecule has 0 unspecified atom stereocenters. The van der Waals surface area contributed by atoms with E-state index in [1.807, 2.05) is 18.2 Å². The third-order valence-electron chi connectivity index (χ3n) is 5.86. The van der Waals surface area contributed by atoms with Crippen molar-refractivity contribution in [1.82, 2.24) is 20.4 Å². The number of urea groups is 1. The molecule has 30 heavy (non-hydrogen) atoms. The maximum atomic E-state index is 12.2. The lowest BCUT2D eigenvalue weighted by molar-refractivity contribution is 0.126. The van der Waals surface area contributed by atoms with E-state index in [9.17, 15) is 4.79 Å². The molecule has 2 N–H and O–H groups in total. The normalized spacial score (nSPS) is 19.5. The van der Waals surface area contributed by atoms with Crippen molar-refractivity contribution in [3.63, 3.8) is 0 Å². The SMILES string of the molecule is O=C(NCCCN1CCN(Cc2ccccc2)CC1)N[C@@H]1COc2ccccc2C1. The van der Waals surface area contributed by atoms with Crippen molar-refractivity contribution in [2.24, 2.45) is 0 Å². The maximum absolute atomic E-state index is 12.2. The summed E-state index contributed by atoms with van der Waals surface area (Å²) < 4.78 is 5.73. The Balaban J connectivity index is 1.08. The Morgan fingerprint density at radius 2 is 1.70 bits per heavy atom. The molecule has 2 heterocycles. The van der Waals surface area contributed by atoms with Crippen LogP contribution in [0, 0.1) is 0 Å². The van der Waals surface area contributed by atoms with Crippen LogP contribution in [0.4, 0.5) is 4.79 Å². The number of piperazine rings is 1. The van der Waals surface area contributed by atoms with E-state index < -0.39 is 0 Å². The van der Waals surface area contributed by atoms with Crippen molar-refractivity contribution in [2.75, 3.05) is 45.9 Å². The Labute approximate surface area is 179 Å². The molecule has 1 fully saturated rings. The first-order chi connectivity index (χ1) is 14.8. The van der Waals surface area contributed by atoms with Crippen LogP contribution in [0.1, 0.15) is 17.5 Å². The fourth-order valence-corrected chi connectivity index (χ4v) is 4.17. The van der Waals surface area contributed by atoms with Crippen molar-refractivity contribution in [3.05, 3.63) is 65.7 Å². The fourth-order valence-electron chi connectivity index (χ4n) is 4.17. The molecule has 6 nitrogen and oxygen atoms in total. The number of hydrogen-bond acceptors (Lipinski definition) is 4. The Morgan fingerprint density at radius 1 is 0.967 bits per heavy atom.